The normalized spacial score (nSPS) is 14.5. The van der Waals surface area contributed by atoms with Crippen LogP contribution in [0, 0.1) is 0 Å². The highest BCUT2D eigenvalue weighted by atomic mass is 16.4. The summed E-state index contributed by atoms with van der Waals surface area (Å²) in [5.41, 5.74) is 4.57. The van der Waals surface area contributed by atoms with Gasteiger partial charge in [-0.15, -0.1) is 5.10 Å². The maximum Gasteiger partial charge on any atom is 0.317 e. The van der Waals surface area contributed by atoms with Gasteiger partial charge in [-0.05, 0) is 23.3 Å². The van der Waals surface area contributed by atoms with E-state index in [1.54, 1.807) is 0 Å². The molecule has 0 atom stereocenters. The Balaban J connectivity index is 0.000000195. The third kappa shape index (κ3) is 4.03. The number of aliphatic carboxylic acids is 1. The summed E-state index contributed by atoms with van der Waals surface area (Å²) in [4.78, 5) is 9.24. The summed E-state index contributed by atoms with van der Waals surface area (Å²) in [6.07, 6.45) is 4.80. The molecule has 2 heterocycles. The van der Waals surface area contributed by atoms with Crippen molar-refractivity contribution in [3.63, 3.8) is 0 Å². The number of hydrogen-bond donors (Lipinski definition) is 2. The SMILES string of the molecule is C1CCc2nnnn2CC1.NCC(=O)O. The highest BCUT2D eigenvalue weighted by Crippen LogP contribution is 2.09. The molecule has 0 radical (unpaired) electrons. The third-order valence-corrected chi connectivity index (χ3v) is 2.05. The zero-order chi connectivity index (χ0) is 11.1. The first-order valence-electron chi connectivity index (χ1n) is 4.91. The number of fused-ring (bicyclic) bond motifs is 1. The van der Waals surface area contributed by atoms with Gasteiger partial charge in [-0.25, -0.2) is 4.68 Å². The number of carbonyl (C=O) groups is 1. The Bertz CT molecular complexity index is 291. The standard InChI is InChI=1S/C6H10N4.C2H5NO2/c1-2-4-6-7-8-9-10(6)5-3-1;3-1-2(4)5/h1-5H2;1,3H2,(H,4,5). The number of tetrazole rings is 1. The number of nitrogens with two attached hydrogens (primary N) is 1. The Morgan fingerprint density at radius 3 is 2.87 bits per heavy atom. The minimum atomic E-state index is -0.968. The van der Waals surface area contributed by atoms with Crippen LogP contribution >= 0.6 is 0 Å². The van der Waals surface area contributed by atoms with E-state index >= 15 is 0 Å². The first-order valence-corrected chi connectivity index (χ1v) is 4.91. The van der Waals surface area contributed by atoms with E-state index in [1.807, 2.05) is 4.68 Å². The monoisotopic (exact) mass is 213 g/mol. The lowest BCUT2D eigenvalue weighted by Gasteiger charge is -1.94. The number of carboxylic acid groups (broad SMARTS) is 1. The maximum absolute atomic E-state index is 9.24. The molecule has 7 nitrogen and oxygen atoms in total. The van der Waals surface area contributed by atoms with E-state index in [2.05, 4.69) is 21.3 Å². The number of aromatic nitrogens is 4. The van der Waals surface area contributed by atoms with E-state index in [0.29, 0.717) is 0 Å². The Hall–Kier alpha value is -1.50. The van der Waals surface area contributed by atoms with Gasteiger partial charge in [0, 0.05) is 13.0 Å². The van der Waals surface area contributed by atoms with Gasteiger partial charge in [0.1, 0.15) is 0 Å². The Morgan fingerprint density at radius 2 is 2.20 bits per heavy atom. The molecular formula is C8H15N5O2. The summed E-state index contributed by atoms with van der Waals surface area (Å²) in [6.45, 7) is 0.725. The third-order valence-electron chi connectivity index (χ3n) is 2.05. The molecule has 0 fully saturated rings. The van der Waals surface area contributed by atoms with Crippen molar-refractivity contribution in [2.24, 2.45) is 5.73 Å². The van der Waals surface area contributed by atoms with Crippen LogP contribution < -0.4 is 5.73 Å². The number of carboxylic acids is 1. The highest BCUT2D eigenvalue weighted by molar-refractivity contribution is 5.68. The molecule has 0 saturated carbocycles. The van der Waals surface area contributed by atoms with Gasteiger partial charge in [0.05, 0.1) is 6.54 Å². The summed E-state index contributed by atoms with van der Waals surface area (Å²) in [5, 5.41) is 19.0. The van der Waals surface area contributed by atoms with Crippen LogP contribution in [0.4, 0.5) is 0 Å². The molecule has 1 aliphatic rings. The zero-order valence-corrected chi connectivity index (χ0v) is 8.46. The van der Waals surface area contributed by atoms with Crippen molar-refractivity contribution >= 4 is 5.97 Å². The van der Waals surface area contributed by atoms with Gasteiger partial charge in [0.15, 0.2) is 5.82 Å². The van der Waals surface area contributed by atoms with Gasteiger partial charge in [-0.3, -0.25) is 4.79 Å². The second-order valence-electron chi connectivity index (χ2n) is 3.23. The largest absolute Gasteiger partial charge is 0.480 e. The average molecular weight is 213 g/mol. The predicted molar refractivity (Wildman–Crippen MR) is 52.1 cm³/mol. The van der Waals surface area contributed by atoms with E-state index in [1.165, 1.54) is 19.3 Å². The predicted octanol–water partition coefficient (Wildman–Crippen LogP) is -0.571. The molecule has 15 heavy (non-hydrogen) atoms. The second-order valence-corrected chi connectivity index (χ2v) is 3.23. The van der Waals surface area contributed by atoms with Gasteiger partial charge >= 0.3 is 5.97 Å². The topological polar surface area (TPSA) is 107 Å². The van der Waals surface area contributed by atoms with Crippen molar-refractivity contribution in [3.05, 3.63) is 5.82 Å². The fraction of sp³-hybridized carbons (Fsp3) is 0.750. The zero-order valence-electron chi connectivity index (χ0n) is 8.46. The second kappa shape index (κ2) is 6.07. The van der Waals surface area contributed by atoms with Crippen molar-refractivity contribution in [2.75, 3.05) is 6.54 Å². The van der Waals surface area contributed by atoms with Crippen LogP contribution in [-0.4, -0.2) is 37.8 Å². The molecule has 0 saturated heterocycles. The molecule has 0 unspecified atom stereocenters. The Labute approximate surface area is 87.3 Å². The van der Waals surface area contributed by atoms with Crippen LogP contribution in [0.2, 0.25) is 0 Å². The number of hydrogen-bond acceptors (Lipinski definition) is 5. The van der Waals surface area contributed by atoms with E-state index in [0.717, 1.165) is 18.8 Å². The molecule has 3 N–H and O–H groups in total. The van der Waals surface area contributed by atoms with Gasteiger partial charge in [0.2, 0.25) is 0 Å². The molecule has 1 aromatic heterocycles. The van der Waals surface area contributed by atoms with Crippen LogP contribution in [0.1, 0.15) is 25.1 Å². The van der Waals surface area contributed by atoms with Crippen molar-refractivity contribution in [3.8, 4) is 0 Å². The molecule has 1 aromatic rings. The average Bonchev–Trinajstić information content (AvgIpc) is 2.56. The van der Waals surface area contributed by atoms with Crippen LogP contribution in [0.5, 0.6) is 0 Å². The number of nitrogens with zero attached hydrogens (tertiary/aromatic N) is 4. The fourth-order valence-corrected chi connectivity index (χ4v) is 1.30. The molecule has 7 heteroatoms. The molecule has 0 amide bonds. The van der Waals surface area contributed by atoms with Crippen LogP contribution in [0.25, 0.3) is 0 Å². The number of rotatable bonds is 1. The molecule has 0 aliphatic carbocycles. The van der Waals surface area contributed by atoms with Crippen LogP contribution in [0.15, 0.2) is 0 Å². The maximum atomic E-state index is 9.24. The minimum Gasteiger partial charge on any atom is -0.480 e. The summed E-state index contributed by atoms with van der Waals surface area (Å²) in [5.74, 6) is 0.0856. The molecule has 0 bridgehead atoms. The molecule has 84 valence electrons. The minimum absolute atomic E-state index is 0.278. The van der Waals surface area contributed by atoms with Crippen molar-refractivity contribution in [2.45, 2.75) is 32.2 Å². The van der Waals surface area contributed by atoms with Gasteiger partial charge < -0.3 is 10.8 Å². The smallest absolute Gasteiger partial charge is 0.317 e. The first kappa shape index (κ1) is 11.6. The fourth-order valence-electron chi connectivity index (χ4n) is 1.30. The van der Waals surface area contributed by atoms with Crippen LogP contribution in [-0.2, 0) is 17.8 Å². The summed E-state index contributed by atoms with van der Waals surface area (Å²) < 4.78 is 1.91. The van der Waals surface area contributed by atoms with Crippen molar-refractivity contribution in [1.82, 2.24) is 20.2 Å². The highest BCUT2D eigenvalue weighted by Gasteiger charge is 2.08. The van der Waals surface area contributed by atoms with E-state index in [9.17, 15) is 4.79 Å². The summed E-state index contributed by atoms with van der Waals surface area (Å²) in [7, 11) is 0. The van der Waals surface area contributed by atoms with Gasteiger partial charge in [-0.2, -0.15) is 0 Å². The lowest BCUT2D eigenvalue weighted by molar-refractivity contribution is -0.135. The Morgan fingerprint density at radius 1 is 1.47 bits per heavy atom. The summed E-state index contributed by atoms with van der Waals surface area (Å²) >= 11 is 0. The molecule has 0 spiro atoms. The number of aryl methyl sites for hydroxylation is 2. The van der Waals surface area contributed by atoms with Crippen molar-refractivity contribution < 1.29 is 9.90 Å². The van der Waals surface area contributed by atoms with Crippen molar-refractivity contribution in [1.29, 1.82) is 0 Å². The van der Waals surface area contributed by atoms with Gasteiger partial charge in [-0.1, -0.05) is 6.42 Å². The quantitative estimate of drug-likeness (QED) is 0.646. The van der Waals surface area contributed by atoms with E-state index < -0.39 is 5.97 Å². The van der Waals surface area contributed by atoms with Crippen LogP contribution in [0.3, 0.4) is 0 Å². The Kier molecular flexibility index (Phi) is 4.69. The first-order chi connectivity index (χ1) is 7.24. The van der Waals surface area contributed by atoms with E-state index in [-0.39, 0.29) is 6.54 Å². The molecule has 1 aliphatic heterocycles. The van der Waals surface area contributed by atoms with E-state index in [4.69, 9.17) is 5.11 Å². The molecule has 0 aromatic carbocycles. The summed E-state index contributed by atoms with van der Waals surface area (Å²) in [6, 6.07) is 0. The lowest BCUT2D eigenvalue weighted by Crippen LogP contribution is -2.10. The van der Waals surface area contributed by atoms with Gasteiger partial charge in [0.25, 0.3) is 0 Å². The molecular weight excluding hydrogens is 198 g/mol. The molecule has 2 rings (SSSR count). The lowest BCUT2D eigenvalue weighted by atomic mass is 10.2.